The van der Waals surface area contributed by atoms with Gasteiger partial charge in [-0.2, -0.15) is 13.2 Å². The second-order valence-corrected chi connectivity index (χ2v) is 12.0. The first-order valence-electron chi connectivity index (χ1n) is 16.1. The van der Waals surface area contributed by atoms with Crippen molar-refractivity contribution in [1.29, 1.82) is 0 Å². The van der Waals surface area contributed by atoms with Gasteiger partial charge in [-0.15, -0.1) is 0 Å². The second-order valence-electron chi connectivity index (χ2n) is 12.0. The zero-order valence-electron chi connectivity index (χ0n) is 26.9. The fourth-order valence-electron chi connectivity index (χ4n) is 5.89. The predicted octanol–water partition coefficient (Wildman–Crippen LogP) is 7.40. The van der Waals surface area contributed by atoms with Crippen molar-refractivity contribution in [2.24, 2.45) is 0 Å². The summed E-state index contributed by atoms with van der Waals surface area (Å²) in [5.41, 5.74) is 2.76. The molecule has 0 bridgehead atoms. The normalized spacial score (nSPS) is 14.6. The van der Waals surface area contributed by atoms with Gasteiger partial charge in [0.15, 0.2) is 0 Å². The number of piperazine rings is 1. The van der Waals surface area contributed by atoms with Crippen LogP contribution in [0, 0.1) is 5.82 Å². The van der Waals surface area contributed by atoms with Crippen LogP contribution in [-0.4, -0.2) is 58.7 Å². The summed E-state index contributed by atoms with van der Waals surface area (Å²) in [6.07, 6.45) is -1.23. The molecule has 1 fully saturated rings. The van der Waals surface area contributed by atoms with Gasteiger partial charge in [0, 0.05) is 51.8 Å². The topological polar surface area (TPSA) is 43.9 Å². The molecule has 1 saturated heterocycles. The number of aryl methyl sites for hydroxylation is 1. The van der Waals surface area contributed by atoms with Crippen molar-refractivity contribution < 1.29 is 27.2 Å². The number of carbonyl (C=O) groups is 2. The average molecular weight is 658 g/mol. The van der Waals surface area contributed by atoms with Crippen LogP contribution in [0.1, 0.15) is 40.3 Å². The van der Waals surface area contributed by atoms with Gasteiger partial charge in [-0.3, -0.25) is 14.5 Å². The van der Waals surface area contributed by atoms with Gasteiger partial charge in [0.2, 0.25) is 11.8 Å². The lowest BCUT2D eigenvalue weighted by Gasteiger charge is -2.39. The quantitative estimate of drug-likeness (QED) is 0.125. The van der Waals surface area contributed by atoms with E-state index in [4.69, 9.17) is 0 Å². The molecule has 0 spiro atoms. The Hall–Kier alpha value is -4.76. The van der Waals surface area contributed by atoms with Crippen LogP contribution in [0.15, 0.2) is 109 Å². The first-order valence-corrected chi connectivity index (χ1v) is 16.1. The van der Waals surface area contributed by atoms with Crippen molar-refractivity contribution >= 4 is 17.9 Å². The molecule has 1 unspecified atom stereocenters. The van der Waals surface area contributed by atoms with Gasteiger partial charge in [0.25, 0.3) is 0 Å². The number of carbonyl (C=O) groups excluding carboxylic acids is 2. The molecular formula is C39H39F4N3O2. The largest absolute Gasteiger partial charge is 0.419 e. The van der Waals surface area contributed by atoms with Gasteiger partial charge in [0.1, 0.15) is 11.9 Å². The molecule has 1 heterocycles. The van der Waals surface area contributed by atoms with Crippen molar-refractivity contribution in [3.8, 4) is 0 Å². The molecule has 0 radical (unpaired) electrons. The Kier molecular flexibility index (Phi) is 11.4. The molecule has 1 aliphatic heterocycles. The number of hydrogen-bond acceptors (Lipinski definition) is 3. The summed E-state index contributed by atoms with van der Waals surface area (Å²) < 4.78 is 53.6. The standard InChI is InChI=1S/C39H39F4N3O2/c1-2-29-13-15-33(16-14-29)28-46(37(47)20-18-31-17-19-34(35(40)25-31)39(41,42)43)36(26-30-9-5-3-6-10-30)38(48)45-23-21-44(22-24-45)27-32-11-7-4-8-12-32/h3-20,25,36H,2,21-24,26-28H2,1H3. The average Bonchev–Trinajstić information content (AvgIpc) is 3.09. The van der Waals surface area contributed by atoms with E-state index in [-0.39, 0.29) is 24.4 Å². The molecule has 4 aromatic rings. The molecule has 4 aromatic carbocycles. The van der Waals surface area contributed by atoms with Gasteiger partial charge in [-0.05, 0) is 52.4 Å². The van der Waals surface area contributed by atoms with E-state index in [0.717, 1.165) is 41.8 Å². The van der Waals surface area contributed by atoms with Crippen molar-refractivity contribution in [3.05, 3.63) is 148 Å². The van der Waals surface area contributed by atoms with Crippen molar-refractivity contribution in [3.63, 3.8) is 0 Å². The molecule has 48 heavy (non-hydrogen) atoms. The molecule has 250 valence electrons. The van der Waals surface area contributed by atoms with E-state index >= 15 is 0 Å². The van der Waals surface area contributed by atoms with Crippen LogP contribution >= 0.6 is 0 Å². The minimum absolute atomic E-state index is 0.0987. The van der Waals surface area contributed by atoms with Crippen molar-refractivity contribution in [2.75, 3.05) is 26.2 Å². The molecule has 1 aliphatic rings. The van der Waals surface area contributed by atoms with E-state index in [1.54, 1.807) is 0 Å². The Balaban J connectivity index is 1.42. The maximum atomic E-state index is 14.4. The summed E-state index contributed by atoms with van der Waals surface area (Å²) in [6.45, 7) is 5.34. The van der Waals surface area contributed by atoms with Gasteiger partial charge in [-0.25, -0.2) is 4.39 Å². The van der Waals surface area contributed by atoms with Crippen LogP contribution < -0.4 is 0 Å². The van der Waals surface area contributed by atoms with Crippen LogP contribution in [0.5, 0.6) is 0 Å². The van der Waals surface area contributed by atoms with Crippen LogP contribution in [0.25, 0.3) is 6.08 Å². The lowest BCUT2D eigenvalue weighted by atomic mass is 10.0. The number of nitrogens with zero attached hydrogens (tertiary/aromatic N) is 3. The second kappa shape index (κ2) is 15.9. The maximum Gasteiger partial charge on any atom is 0.419 e. The predicted molar refractivity (Wildman–Crippen MR) is 179 cm³/mol. The highest BCUT2D eigenvalue weighted by molar-refractivity contribution is 5.95. The molecule has 1 atom stereocenters. The lowest BCUT2D eigenvalue weighted by molar-refractivity contribution is -0.145. The smallest absolute Gasteiger partial charge is 0.338 e. The highest BCUT2D eigenvalue weighted by Gasteiger charge is 2.35. The number of benzene rings is 4. The van der Waals surface area contributed by atoms with Gasteiger partial charge >= 0.3 is 6.18 Å². The van der Waals surface area contributed by atoms with Crippen LogP contribution in [0.2, 0.25) is 0 Å². The number of amides is 2. The van der Waals surface area contributed by atoms with E-state index in [1.165, 1.54) is 22.6 Å². The summed E-state index contributed by atoms with van der Waals surface area (Å²) in [4.78, 5) is 34.0. The SMILES string of the molecule is CCc1ccc(CN(C(=O)C=Cc2ccc(C(F)(F)F)c(F)c2)C(Cc2ccccc2)C(=O)N2CCN(Cc3ccccc3)CC2)cc1. The van der Waals surface area contributed by atoms with Crippen LogP contribution in [-0.2, 0) is 41.7 Å². The Morgan fingerprint density at radius 3 is 1.98 bits per heavy atom. The molecule has 5 rings (SSSR count). The molecule has 0 saturated carbocycles. The fourth-order valence-corrected chi connectivity index (χ4v) is 5.89. The summed E-state index contributed by atoms with van der Waals surface area (Å²) in [6, 6.07) is 29.1. The first-order chi connectivity index (χ1) is 23.1. The monoisotopic (exact) mass is 657 g/mol. The Bertz CT molecular complexity index is 1680. The van der Waals surface area contributed by atoms with Crippen LogP contribution in [0.4, 0.5) is 17.6 Å². The van der Waals surface area contributed by atoms with Crippen molar-refractivity contribution in [2.45, 2.75) is 45.1 Å². The van der Waals surface area contributed by atoms with Gasteiger partial charge in [0.05, 0.1) is 5.56 Å². The number of rotatable bonds is 11. The summed E-state index contributed by atoms with van der Waals surface area (Å²) in [7, 11) is 0. The Labute approximate surface area is 279 Å². The molecule has 0 aliphatic carbocycles. The highest BCUT2D eigenvalue weighted by atomic mass is 19.4. The zero-order valence-corrected chi connectivity index (χ0v) is 26.9. The molecule has 9 heteroatoms. The summed E-state index contributed by atoms with van der Waals surface area (Å²) >= 11 is 0. The van der Waals surface area contributed by atoms with Gasteiger partial charge in [-0.1, -0.05) is 97.9 Å². The molecule has 2 amide bonds. The number of hydrogen-bond donors (Lipinski definition) is 0. The van der Waals surface area contributed by atoms with E-state index < -0.39 is 29.5 Å². The third-order valence-electron chi connectivity index (χ3n) is 8.65. The van der Waals surface area contributed by atoms with E-state index in [0.29, 0.717) is 32.2 Å². The van der Waals surface area contributed by atoms with E-state index in [1.807, 2.05) is 84.6 Å². The van der Waals surface area contributed by atoms with Gasteiger partial charge < -0.3 is 9.80 Å². The number of alkyl halides is 3. The molecule has 0 N–H and O–H groups in total. The zero-order chi connectivity index (χ0) is 34.1. The summed E-state index contributed by atoms with van der Waals surface area (Å²) in [5, 5.41) is 0. The molecule has 0 aromatic heterocycles. The van der Waals surface area contributed by atoms with Crippen molar-refractivity contribution in [1.82, 2.24) is 14.7 Å². The summed E-state index contributed by atoms with van der Waals surface area (Å²) in [5.74, 6) is -2.11. The maximum absolute atomic E-state index is 14.4. The molecule has 5 nitrogen and oxygen atoms in total. The first kappa shape index (κ1) is 34.6. The minimum Gasteiger partial charge on any atom is -0.338 e. The lowest BCUT2D eigenvalue weighted by Crippen LogP contribution is -2.56. The number of halogens is 4. The molecular weight excluding hydrogens is 618 g/mol. The van der Waals surface area contributed by atoms with E-state index in [2.05, 4.69) is 17.0 Å². The Morgan fingerprint density at radius 1 is 0.792 bits per heavy atom. The van der Waals surface area contributed by atoms with E-state index in [9.17, 15) is 27.2 Å². The Morgan fingerprint density at radius 2 is 1.40 bits per heavy atom. The fraction of sp³-hybridized carbons (Fsp3) is 0.282. The highest BCUT2D eigenvalue weighted by Crippen LogP contribution is 2.32. The third-order valence-corrected chi connectivity index (χ3v) is 8.65. The minimum atomic E-state index is -4.83. The van der Waals surface area contributed by atoms with Crippen LogP contribution in [0.3, 0.4) is 0 Å². The third kappa shape index (κ3) is 9.19.